The van der Waals surface area contributed by atoms with Crippen LogP contribution in [0, 0.1) is 5.92 Å². The Labute approximate surface area is 142 Å². The quantitative estimate of drug-likeness (QED) is 0.889. The molecule has 0 saturated heterocycles. The normalized spacial score (nSPS) is 23.8. The van der Waals surface area contributed by atoms with Crippen LogP contribution in [0.4, 0.5) is 5.69 Å². The Bertz CT molecular complexity index is 756. The summed E-state index contributed by atoms with van der Waals surface area (Å²) in [4.78, 5) is 12.6. The number of aryl methyl sites for hydroxylation is 1. The lowest BCUT2D eigenvalue weighted by atomic mass is 9.95. The smallest absolute Gasteiger partial charge is 0.228 e. The fraction of sp³-hybridized carbons (Fsp3) is 0.350. The van der Waals surface area contributed by atoms with E-state index in [1.807, 2.05) is 24.3 Å². The van der Waals surface area contributed by atoms with Crippen LogP contribution in [-0.4, -0.2) is 19.1 Å². The molecule has 124 valence electrons. The third kappa shape index (κ3) is 2.57. The highest BCUT2D eigenvalue weighted by Gasteiger charge is 2.61. The monoisotopic (exact) mass is 322 g/mol. The summed E-state index contributed by atoms with van der Waals surface area (Å²) in [7, 11) is 0. The minimum absolute atomic E-state index is 0.0881. The van der Waals surface area contributed by atoms with Crippen LogP contribution in [0.1, 0.15) is 24.0 Å². The van der Waals surface area contributed by atoms with Crippen LogP contribution in [0.15, 0.2) is 48.5 Å². The molecule has 1 spiro atoms. The number of hydrogen-bond acceptors (Lipinski definition) is 3. The van der Waals surface area contributed by atoms with Crippen LogP contribution in [-0.2, 0) is 16.6 Å². The average molecular weight is 322 g/mol. The third-order valence-electron chi connectivity index (χ3n) is 5.29. The molecule has 4 nitrogen and oxygen atoms in total. The number of nitrogens with two attached hydrogens (primary N) is 1. The number of nitrogens with one attached hydrogen (secondary N) is 1. The Morgan fingerprint density at radius 2 is 2.00 bits per heavy atom. The van der Waals surface area contributed by atoms with Gasteiger partial charge < -0.3 is 15.8 Å². The van der Waals surface area contributed by atoms with Crippen molar-refractivity contribution in [3.8, 4) is 5.75 Å². The van der Waals surface area contributed by atoms with Crippen molar-refractivity contribution in [2.24, 2.45) is 11.7 Å². The summed E-state index contributed by atoms with van der Waals surface area (Å²) in [5.74, 6) is 0.989. The molecule has 1 saturated carbocycles. The van der Waals surface area contributed by atoms with Gasteiger partial charge in [0.05, 0.1) is 0 Å². The van der Waals surface area contributed by atoms with Crippen molar-refractivity contribution in [2.45, 2.75) is 24.7 Å². The molecule has 2 unspecified atom stereocenters. The van der Waals surface area contributed by atoms with Gasteiger partial charge in [0.25, 0.3) is 0 Å². The summed E-state index contributed by atoms with van der Waals surface area (Å²) < 4.78 is 5.45. The van der Waals surface area contributed by atoms with Gasteiger partial charge in [-0.15, -0.1) is 0 Å². The summed E-state index contributed by atoms with van der Waals surface area (Å²) in [5.41, 5.74) is 9.12. The number of fused-ring (bicyclic) bond motifs is 2. The maximum absolute atomic E-state index is 12.6. The van der Waals surface area contributed by atoms with Crippen molar-refractivity contribution < 1.29 is 9.53 Å². The molecule has 2 aliphatic carbocycles. The van der Waals surface area contributed by atoms with Crippen molar-refractivity contribution in [2.75, 3.05) is 18.5 Å². The predicted molar refractivity (Wildman–Crippen MR) is 94.2 cm³/mol. The lowest BCUT2D eigenvalue weighted by Crippen LogP contribution is -2.19. The van der Waals surface area contributed by atoms with Crippen molar-refractivity contribution in [3.63, 3.8) is 0 Å². The predicted octanol–water partition coefficient (Wildman–Crippen LogP) is 2.87. The maximum Gasteiger partial charge on any atom is 0.228 e. The third-order valence-corrected chi connectivity index (χ3v) is 5.29. The van der Waals surface area contributed by atoms with Gasteiger partial charge in [0.15, 0.2) is 0 Å². The van der Waals surface area contributed by atoms with Crippen LogP contribution in [0.3, 0.4) is 0 Å². The topological polar surface area (TPSA) is 64.3 Å². The zero-order valence-electron chi connectivity index (χ0n) is 13.6. The van der Waals surface area contributed by atoms with E-state index in [1.165, 1.54) is 11.1 Å². The van der Waals surface area contributed by atoms with Crippen LogP contribution < -0.4 is 15.8 Å². The summed E-state index contributed by atoms with van der Waals surface area (Å²) in [6.07, 6.45) is 3.15. The summed E-state index contributed by atoms with van der Waals surface area (Å²) in [5, 5.41) is 3.05. The Hall–Kier alpha value is -2.33. The second-order valence-corrected chi connectivity index (χ2v) is 6.72. The van der Waals surface area contributed by atoms with Crippen molar-refractivity contribution in [3.05, 3.63) is 59.7 Å². The molecule has 0 radical (unpaired) electrons. The average Bonchev–Trinajstić information content (AvgIpc) is 3.24. The Balaban J connectivity index is 1.42. The largest absolute Gasteiger partial charge is 0.492 e. The molecular formula is C20H22N2O2. The Morgan fingerprint density at radius 1 is 1.21 bits per heavy atom. The van der Waals surface area contributed by atoms with Crippen LogP contribution in [0.5, 0.6) is 5.75 Å². The molecule has 0 heterocycles. The number of benzene rings is 2. The highest BCUT2D eigenvalue weighted by molar-refractivity contribution is 5.96. The molecule has 4 heteroatoms. The van der Waals surface area contributed by atoms with Gasteiger partial charge in [0.1, 0.15) is 12.4 Å². The molecule has 1 fully saturated rings. The van der Waals surface area contributed by atoms with E-state index >= 15 is 0 Å². The molecule has 24 heavy (non-hydrogen) atoms. The summed E-state index contributed by atoms with van der Waals surface area (Å²) in [6.45, 7) is 0.986. The SMILES string of the molecule is NCCOc1ccc(NC(=O)C2CC23CCc2ccccc23)cc1. The molecule has 3 N–H and O–H groups in total. The van der Waals surface area contributed by atoms with Crippen LogP contribution >= 0.6 is 0 Å². The Kier molecular flexibility index (Phi) is 3.77. The molecular weight excluding hydrogens is 300 g/mol. The first-order valence-electron chi connectivity index (χ1n) is 8.55. The van der Waals surface area contributed by atoms with Crippen LogP contribution in [0.25, 0.3) is 0 Å². The summed E-state index contributed by atoms with van der Waals surface area (Å²) in [6, 6.07) is 16.0. The second-order valence-electron chi connectivity index (χ2n) is 6.72. The molecule has 2 atom stereocenters. The second kappa shape index (κ2) is 5.95. The number of carbonyl (C=O) groups is 1. The molecule has 4 rings (SSSR count). The number of carbonyl (C=O) groups excluding carboxylic acids is 1. The fourth-order valence-corrected chi connectivity index (χ4v) is 3.98. The molecule has 0 aliphatic heterocycles. The zero-order chi connectivity index (χ0) is 16.6. The number of anilines is 1. The van der Waals surface area contributed by atoms with Gasteiger partial charge in [-0.3, -0.25) is 4.79 Å². The van der Waals surface area contributed by atoms with Gasteiger partial charge in [-0.05, 0) is 54.7 Å². The highest BCUT2D eigenvalue weighted by atomic mass is 16.5. The lowest BCUT2D eigenvalue weighted by Gasteiger charge is -2.12. The summed E-state index contributed by atoms with van der Waals surface area (Å²) >= 11 is 0. The highest BCUT2D eigenvalue weighted by Crippen LogP contribution is 2.61. The van der Waals surface area contributed by atoms with Crippen LogP contribution in [0.2, 0.25) is 0 Å². The molecule has 1 amide bonds. The number of ether oxygens (including phenoxy) is 1. The van der Waals surface area contributed by atoms with Gasteiger partial charge in [-0.1, -0.05) is 24.3 Å². The van der Waals surface area contributed by atoms with Crippen molar-refractivity contribution in [1.29, 1.82) is 0 Å². The van der Waals surface area contributed by atoms with E-state index in [0.717, 1.165) is 30.7 Å². The fourth-order valence-electron chi connectivity index (χ4n) is 3.98. The lowest BCUT2D eigenvalue weighted by molar-refractivity contribution is -0.117. The molecule has 2 aromatic carbocycles. The van der Waals surface area contributed by atoms with E-state index in [9.17, 15) is 4.79 Å². The standard InChI is InChI=1S/C20H22N2O2/c21-11-12-24-16-7-5-15(6-8-16)22-19(23)18-13-20(18)10-9-14-3-1-2-4-17(14)20/h1-8,18H,9-13,21H2,(H,22,23). The number of rotatable bonds is 5. The maximum atomic E-state index is 12.6. The first kappa shape index (κ1) is 15.2. The van der Waals surface area contributed by atoms with Gasteiger partial charge in [0, 0.05) is 23.6 Å². The first-order chi connectivity index (χ1) is 11.7. The van der Waals surface area contributed by atoms with Gasteiger partial charge in [-0.25, -0.2) is 0 Å². The van der Waals surface area contributed by atoms with E-state index in [1.54, 1.807) is 0 Å². The van der Waals surface area contributed by atoms with Crippen molar-refractivity contribution in [1.82, 2.24) is 0 Å². The Morgan fingerprint density at radius 3 is 2.79 bits per heavy atom. The van der Waals surface area contributed by atoms with E-state index in [2.05, 4.69) is 29.6 Å². The molecule has 2 aliphatic rings. The molecule has 0 bridgehead atoms. The molecule has 0 aromatic heterocycles. The van der Waals surface area contributed by atoms with Gasteiger partial charge >= 0.3 is 0 Å². The van der Waals surface area contributed by atoms with E-state index in [0.29, 0.717) is 13.2 Å². The number of amides is 1. The number of hydrogen-bond donors (Lipinski definition) is 2. The minimum Gasteiger partial charge on any atom is -0.492 e. The first-order valence-corrected chi connectivity index (χ1v) is 8.55. The van der Waals surface area contributed by atoms with E-state index < -0.39 is 0 Å². The van der Waals surface area contributed by atoms with Gasteiger partial charge in [0.2, 0.25) is 5.91 Å². The minimum atomic E-state index is 0.0881. The van der Waals surface area contributed by atoms with Crippen molar-refractivity contribution >= 4 is 11.6 Å². The van der Waals surface area contributed by atoms with E-state index in [-0.39, 0.29) is 17.2 Å². The van der Waals surface area contributed by atoms with E-state index in [4.69, 9.17) is 10.5 Å². The van der Waals surface area contributed by atoms with Gasteiger partial charge in [-0.2, -0.15) is 0 Å². The molecule has 2 aromatic rings. The zero-order valence-corrected chi connectivity index (χ0v) is 13.6.